The van der Waals surface area contributed by atoms with E-state index in [2.05, 4.69) is 22.3 Å². The maximum absolute atomic E-state index is 12.9. The molecule has 8 nitrogen and oxygen atoms in total. The van der Waals surface area contributed by atoms with Crippen LogP contribution in [-0.2, 0) is 20.8 Å². The Morgan fingerprint density at radius 3 is 2.56 bits per heavy atom. The summed E-state index contributed by atoms with van der Waals surface area (Å²) in [7, 11) is 0. The SMILES string of the molecule is O=C(C[C@@H]1CC[C@@H]2[C@H](COC[C@H](O)CN2Cc2ccc3c(c2)OCO3)O1)Nc1ccc(-c2ccccc2)cc1. The van der Waals surface area contributed by atoms with Gasteiger partial charge in [-0.05, 0) is 53.8 Å². The van der Waals surface area contributed by atoms with Crippen molar-refractivity contribution in [2.45, 2.75) is 50.2 Å². The van der Waals surface area contributed by atoms with Crippen molar-refractivity contribution in [1.82, 2.24) is 4.90 Å². The lowest BCUT2D eigenvalue weighted by atomic mass is 9.94. The quantitative estimate of drug-likeness (QED) is 0.493. The number of aliphatic hydroxyl groups is 1. The molecule has 3 aliphatic heterocycles. The number of β-amino-alcohol motifs (C(OH)–C–C–N with tert-alkyl or cyclic N) is 1. The Bertz CT molecular complexity index is 1270. The van der Waals surface area contributed by atoms with Crippen molar-refractivity contribution in [1.29, 1.82) is 0 Å². The lowest BCUT2D eigenvalue weighted by Gasteiger charge is -2.44. The van der Waals surface area contributed by atoms with Crippen molar-refractivity contribution in [3.8, 4) is 22.6 Å². The van der Waals surface area contributed by atoms with Gasteiger partial charge >= 0.3 is 0 Å². The Morgan fingerprint density at radius 2 is 1.72 bits per heavy atom. The molecular weight excluding hydrogens is 496 g/mol. The molecule has 0 spiro atoms. The molecule has 204 valence electrons. The van der Waals surface area contributed by atoms with E-state index in [0.717, 1.165) is 46.7 Å². The number of rotatable bonds is 6. The fourth-order valence-corrected chi connectivity index (χ4v) is 5.70. The van der Waals surface area contributed by atoms with Gasteiger partial charge in [0.25, 0.3) is 0 Å². The zero-order valence-corrected chi connectivity index (χ0v) is 21.8. The zero-order valence-electron chi connectivity index (χ0n) is 21.8. The second kappa shape index (κ2) is 11.8. The second-order valence-electron chi connectivity index (χ2n) is 10.4. The van der Waals surface area contributed by atoms with Crippen LogP contribution in [0.4, 0.5) is 5.69 Å². The summed E-state index contributed by atoms with van der Waals surface area (Å²) in [6.45, 7) is 2.03. The number of hydrogen-bond donors (Lipinski definition) is 2. The minimum Gasteiger partial charge on any atom is -0.454 e. The fourth-order valence-electron chi connectivity index (χ4n) is 5.70. The van der Waals surface area contributed by atoms with Gasteiger partial charge in [-0.15, -0.1) is 0 Å². The van der Waals surface area contributed by atoms with Crippen molar-refractivity contribution >= 4 is 11.6 Å². The molecule has 0 aromatic heterocycles. The third-order valence-corrected chi connectivity index (χ3v) is 7.60. The zero-order chi connectivity index (χ0) is 26.6. The third kappa shape index (κ3) is 6.25. The Kier molecular flexibility index (Phi) is 7.78. The van der Waals surface area contributed by atoms with Gasteiger partial charge in [0.2, 0.25) is 12.7 Å². The largest absolute Gasteiger partial charge is 0.454 e. The molecule has 4 atom stereocenters. The average Bonchev–Trinajstić information content (AvgIpc) is 3.41. The summed E-state index contributed by atoms with van der Waals surface area (Å²) in [5.41, 5.74) is 4.11. The average molecular weight is 531 g/mol. The van der Waals surface area contributed by atoms with Crippen molar-refractivity contribution < 1.29 is 28.8 Å². The van der Waals surface area contributed by atoms with Gasteiger partial charge in [0, 0.05) is 24.8 Å². The summed E-state index contributed by atoms with van der Waals surface area (Å²) < 4.78 is 23.2. The van der Waals surface area contributed by atoms with Crippen LogP contribution in [0.3, 0.4) is 0 Å². The van der Waals surface area contributed by atoms with Gasteiger partial charge in [-0.3, -0.25) is 9.69 Å². The highest BCUT2D eigenvalue weighted by Crippen LogP contribution is 2.34. The van der Waals surface area contributed by atoms with Gasteiger partial charge in [0.05, 0.1) is 37.9 Å². The van der Waals surface area contributed by atoms with Crippen molar-refractivity contribution in [3.63, 3.8) is 0 Å². The number of carbonyl (C=O) groups is 1. The summed E-state index contributed by atoms with van der Waals surface area (Å²) in [5, 5.41) is 13.5. The standard InChI is InChI=1S/C31H34N2O6/c34-25-17-33(16-21-6-13-28-29(14-21)38-20-37-28)27-12-11-26(39-30(27)19-36-18-25)15-31(35)32-24-9-7-23(8-10-24)22-4-2-1-3-5-22/h1-10,13-14,25-27,30,34H,11-12,15-20H2,(H,32,35)/t25-,26+,27-,30+/m1/s1. The molecule has 0 radical (unpaired) electrons. The van der Waals surface area contributed by atoms with Crippen LogP contribution in [0.5, 0.6) is 11.5 Å². The first-order valence-electron chi connectivity index (χ1n) is 13.6. The number of nitrogens with one attached hydrogen (secondary N) is 1. The first kappa shape index (κ1) is 25.8. The monoisotopic (exact) mass is 530 g/mol. The van der Waals surface area contributed by atoms with E-state index in [1.807, 2.05) is 60.7 Å². The molecule has 3 aliphatic rings. The van der Waals surface area contributed by atoms with Gasteiger partial charge < -0.3 is 29.4 Å². The molecule has 8 heteroatoms. The first-order chi connectivity index (χ1) is 19.1. The van der Waals surface area contributed by atoms with E-state index >= 15 is 0 Å². The summed E-state index contributed by atoms with van der Waals surface area (Å²) >= 11 is 0. The molecule has 0 saturated carbocycles. The molecule has 1 amide bonds. The molecule has 39 heavy (non-hydrogen) atoms. The number of benzene rings is 3. The summed E-state index contributed by atoms with van der Waals surface area (Å²) in [5.74, 6) is 1.44. The van der Waals surface area contributed by atoms with Gasteiger partial charge in [-0.25, -0.2) is 0 Å². The van der Waals surface area contributed by atoms with Crippen LogP contribution in [-0.4, -0.2) is 66.8 Å². The molecular formula is C31H34N2O6. The minimum atomic E-state index is -0.572. The smallest absolute Gasteiger partial charge is 0.231 e. The predicted octanol–water partition coefficient (Wildman–Crippen LogP) is 4.22. The van der Waals surface area contributed by atoms with Crippen LogP contribution >= 0.6 is 0 Å². The van der Waals surface area contributed by atoms with Crippen LogP contribution < -0.4 is 14.8 Å². The number of anilines is 1. The van der Waals surface area contributed by atoms with E-state index in [1.54, 1.807) is 0 Å². The normalized spacial score (nSPS) is 24.8. The highest BCUT2D eigenvalue weighted by molar-refractivity contribution is 5.91. The number of aliphatic hydroxyl groups excluding tert-OH is 1. The maximum atomic E-state index is 12.9. The molecule has 3 heterocycles. The Morgan fingerprint density at radius 1 is 0.923 bits per heavy atom. The van der Waals surface area contributed by atoms with Gasteiger partial charge in [-0.2, -0.15) is 0 Å². The molecule has 6 rings (SSSR count). The lowest BCUT2D eigenvalue weighted by molar-refractivity contribution is -0.156. The number of hydrogen-bond acceptors (Lipinski definition) is 7. The Hall–Kier alpha value is -3.43. The summed E-state index contributed by atoms with van der Waals surface area (Å²) in [6, 6.07) is 24.1. The van der Waals surface area contributed by atoms with Gasteiger partial charge in [0.1, 0.15) is 0 Å². The number of amides is 1. The van der Waals surface area contributed by atoms with E-state index in [9.17, 15) is 9.90 Å². The number of fused-ring (bicyclic) bond motifs is 2. The van der Waals surface area contributed by atoms with E-state index in [-0.39, 0.29) is 44.0 Å². The van der Waals surface area contributed by atoms with Crippen molar-refractivity contribution in [2.75, 3.05) is 31.9 Å². The summed E-state index contributed by atoms with van der Waals surface area (Å²) in [6.07, 6.45) is 0.966. The highest BCUT2D eigenvalue weighted by atomic mass is 16.7. The molecule has 3 aromatic rings. The van der Waals surface area contributed by atoms with Crippen LogP contribution in [0.15, 0.2) is 72.8 Å². The number of nitrogens with zero attached hydrogens (tertiary/aromatic N) is 1. The van der Waals surface area contributed by atoms with Crippen LogP contribution in [0.1, 0.15) is 24.8 Å². The van der Waals surface area contributed by atoms with E-state index in [4.69, 9.17) is 18.9 Å². The van der Waals surface area contributed by atoms with Crippen LogP contribution in [0, 0.1) is 0 Å². The van der Waals surface area contributed by atoms with E-state index in [0.29, 0.717) is 19.7 Å². The molecule has 2 fully saturated rings. The minimum absolute atomic E-state index is 0.0645. The molecule has 3 aromatic carbocycles. The van der Waals surface area contributed by atoms with Gasteiger partial charge in [0.15, 0.2) is 11.5 Å². The topological polar surface area (TPSA) is 89.5 Å². The molecule has 0 aliphatic carbocycles. The molecule has 0 bridgehead atoms. The van der Waals surface area contributed by atoms with Crippen molar-refractivity contribution in [2.24, 2.45) is 0 Å². The molecule has 0 unspecified atom stereocenters. The maximum Gasteiger partial charge on any atom is 0.231 e. The number of carbonyl (C=O) groups excluding carboxylic acids is 1. The second-order valence-corrected chi connectivity index (χ2v) is 10.4. The lowest BCUT2D eigenvalue weighted by Crippen LogP contribution is -2.55. The van der Waals surface area contributed by atoms with E-state index in [1.165, 1.54) is 0 Å². The van der Waals surface area contributed by atoms with E-state index < -0.39 is 6.10 Å². The van der Waals surface area contributed by atoms with Crippen LogP contribution in [0.2, 0.25) is 0 Å². The molecule has 2 saturated heterocycles. The van der Waals surface area contributed by atoms with Crippen molar-refractivity contribution in [3.05, 3.63) is 78.4 Å². The predicted molar refractivity (Wildman–Crippen MR) is 147 cm³/mol. The number of ether oxygens (including phenoxy) is 4. The van der Waals surface area contributed by atoms with Crippen LogP contribution in [0.25, 0.3) is 11.1 Å². The third-order valence-electron chi connectivity index (χ3n) is 7.60. The Labute approximate surface area is 228 Å². The highest BCUT2D eigenvalue weighted by Gasteiger charge is 2.38. The Balaban J connectivity index is 1.06. The fraction of sp³-hybridized carbons (Fsp3) is 0.387. The first-order valence-corrected chi connectivity index (χ1v) is 13.6. The van der Waals surface area contributed by atoms with Gasteiger partial charge in [-0.1, -0.05) is 48.5 Å². The molecule has 2 N–H and O–H groups in total. The summed E-state index contributed by atoms with van der Waals surface area (Å²) in [4.78, 5) is 15.1.